The van der Waals surface area contributed by atoms with Crippen LogP contribution in [-0.2, 0) is 4.74 Å². The van der Waals surface area contributed by atoms with E-state index in [0.717, 1.165) is 0 Å². The van der Waals surface area contributed by atoms with Crippen LogP contribution in [-0.4, -0.2) is 17.7 Å². The van der Waals surface area contributed by atoms with Crippen LogP contribution in [0, 0.1) is 5.92 Å². The van der Waals surface area contributed by atoms with Crippen molar-refractivity contribution >= 4 is 5.90 Å². The minimum atomic E-state index is 0.162. The predicted octanol–water partition coefficient (Wildman–Crippen LogP) is 1.47. The first-order chi connectivity index (χ1) is 4.22. The van der Waals surface area contributed by atoms with Gasteiger partial charge in [-0.1, -0.05) is 19.0 Å². The van der Waals surface area contributed by atoms with Crippen molar-refractivity contribution < 1.29 is 9.94 Å². The van der Waals surface area contributed by atoms with Gasteiger partial charge in [0.15, 0.2) is 0 Å². The SMILES string of the molecule is CCOC(=NO)C(C)C. The van der Waals surface area contributed by atoms with Gasteiger partial charge in [-0.25, -0.2) is 0 Å². The van der Waals surface area contributed by atoms with Gasteiger partial charge in [-0.15, -0.1) is 0 Å². The van der Waals surface area contributed by atoms with Crippen LogP contribution in [0.5, 0.6) is 0 Å². The third-order valence-corrected chi connectivity index (χ3v) is 0.885. The Balaban J connectivity index is 3.70. The molecule has 0 atom stereocenters. The van der Waals surface area contributed by atoms with E-state index in [1.807, 2.05) is 20.8 Å². The lowest BCUT2D eigenvalue weighted by Crippen LogP contribution is -2.11. The van der Waals surface area contributed by atoms with E-state index in [2.05, 4.69) is 5.16 Å². The van der Waals surface area contributed by atoms with Crippen molar-refractivity contribution in [3.05, 3.63) is 0 Å². The first-order valence-electron chi connectivity index (χ1n) is 3.07. The monoisotopic (exact) mass is 131 g/mol. The maximum atomic E-state index is 8.29. The summed E-state index contributed by atoms with van der Waals surface area (Å²) in [6.07, 6.45) is 0. The maximum absolute atomic E-state index is 8.29. The van der Waals surface area contributed by atoms with Crippen molar-refractivity contribution in [2.75, 3.05) is 6.61 Å². The second-order valence-electron chi connectivity index (χ2n) is 2.03. The molecule has 0 heterocycles. The van der Waals surface area contributed by atoms with Crippen LogP contribution in [0.2, 0.25) is 0 Å². The molecule has 0 amide bonds. The Hall–Kier alpha value is -0.730. The Labute approximate surface area is 55.3 Å². The van der Waals surface area contributed by atoms with Crippen molar-refractivity contribution in [1.82, 2.24) is 0 Å². The summed E-state index contributed by atoms with van der Waals surface area (Å²) >= 11 is 0. The molecule has 0 aliphatic carbocycles. The molecule has 0 fully saturated rings. The van der Waals surface area contributed by atoms with Gasteiger partial charge in [0.05, 0.1) is 6.61 Å². The van der Waals surface area contributed by atoms with Crippen LogP contribution in [0.4, 0.5) is 0 Å². The van der Waals surface area contributed by atoms with Crippen molar-refractivity contribution in [2.45, 2.75) is 20.8 Å². The molecule has 0 spiro atoms. The number of rotatable bonds is 2. The lowest BCUT2D eigenvalue weighted by atomic mass is 10.2. The van der Waals surface area contributed by atoms with Crippen LogP contribution in [0.3, 0.4) is 0 Å². The summed E-state index contributed by atoms with van der Waals surface area (Å²) in [4.78, 5) is 0. The highest BCUT2D eigenvalue weighted by atomic mass is 16.5. The smallest absolute Gasteiger partial charge is 0.227 e. The number of oxime groups is 1. The number of nitrogens with zero attached hydrogens (tertiary/aromatic N) is 1. The van der Waals surface area contributed by atoms with Gasteiger partial charge in [0.2, 0.25) is 5.90 Å². The molecule has 54 valence electrons. The predicted molar refractivity (Wildman–Crippen MR) is 35.7 cm³/mol. The molecule has 0 rings (SSSR count). The van der Waals surface area contributed by atoms with Gasteiger partial charge in [-0.3, -0.25) is 0 Å². The fourth-order valence-electron chi connectivity index (χ4n) is 0.459. The van der Waals surface area contributed by atoms with Crippen LogP contribution in [0.1, 0.15) is 20.8 Å². The maximum Gasteiger partial charge on any atom is 0.227 e. The van der Waals surface area contributed by atoms with Gasteiger partial charge in [0.1, 0.15) is 0 Å². The Kier molecular flexibility index (Phi) is 3.84. The van der Waals surface area contributed by atoms with Gasteiger partial charge in [0, 0.05) is 5.92 Å². The molecule has 3 nitrogen and oxygen atoms in total. The summed E-state index contributed by atoms with van der Waals surface area (Å²) in [5, 5.41) is 11.3. The molecule has 0 radical (unpaired) electrons. The van der Waals surface area contributed by atoms with E-state index in [1.54, 1.807) is 0 Å². The van der Waals surface area contributed by atoms with Crippen molar-refractivity contribution in [1.29, 1.82) is 0 Å². The zero-order chi connectivity index (χ0) is 7.28. The third kappa shape index (κ3) is 2.95. The van der Waals surface area contributed by atoms with Crippen molar-refractivity contribution in [3.63, 3.8) is 0 Å². The van der Waals surface area contributed by atoms with Gasteiger partial charge in [-0.2, -0.15) is 0 Å². The summed E-state index contributed by atoms with van der Waals surface area (Å²) in [7, 11) is 0. The lowest BCUT2D eigenvalue weighted by Gasteiger charge is -2.06. The van der Waals surface area contributed by atoms with Crippen LogP contribution < -0.4 is 0 Å². The van der Waals surface area contributed by atoms with E-state index >= 15 is 0 Å². The molecule has 0 aliphatic heterocycles. The summed E-state index contributed by atoms with van der Waals surface area (Å²) < 4.78 is 4.95. The van der Waals surface area contributed by atoms with Crippen LogP contribution >= 0.6 is 0 Å². The van der Waals surface area contributed by atoms with Crippen LogP contribution in [0.15, 0.2) is 5.16 Å². The fourth-order valence-corrected chi connectivity index (χ4v) is 0.459. The first-order valence-corrected chi connectivity index (χ1v) is 3.07. The van der Waals surface area contributed by atoms with E-state index in [9.17, 15) is 0 Å². The lowest BCUT2D eigenvalue weighted by molar-refractivity contribution is 0.249. The first kappa shape index (κ1) is 8.27. The molecular formula is C6H13NO2. The molecule has 0 unspecified atom stereocenters. The second-order valence-corrected chi connectivity index (χ2v) is 2.03. The topological polar surface area (TPSA) is 41.8 Å². The minimum absolute atomic E-state index is 0.162. The Morgan fingerprint density at radius 2 is 2.22 bits per heavy atom. The van der Waals surface area contributed by atoms with Crippen molar-refractivity contribution in [2.24, 2.45) is 11.1 Å². The minimum Gasteiger partial charge on any atom is -0.479 e. The Bertz CT molecular complexity index is 99.2. The Morgan fingerprint density at radius 3 is 2.33 bits per heavy atom. The molecule has 0 bridgehead atoms. The molecule has 9 heavy (non-hydrogen) atoms. The van der Waals surface area contributed by atoms with Gasteiger partial charge in [0.25, 0.3) is 0 Å². The molecule has 0 aromatic carbocycles. The van der Waals surface area contributed by atoms with E-state index < -0.39 is 0 Å². The molecule has 3 heteroatoms. The average molecular weight is 131 g/mol. The average Bonchev–Trinajstić information content (AvgIpc) is 1.82. The number of ether oxygens (including phenoxy) is 1. The summed E-state index contributed by atoms with van der Waals surface area (Å²) in [6, 6.07) is 0. The van der Waals surface area contributed by atoms with E-state index in [1.165, 1.54) is 0 Å². The molecule has 0 aromatic rings. The molecule has 0 aromatic heterocycles. The highest BCUT2D eigenvalue weighted by molar-refractivity contribution is 5.77. The fraction of sp³-hybridized carbons (Fsp3) is 0.833. The summed E-state index contributed by atoms with van der Waals surface area (Å²) in [5.41, 5.74) is 0. The molecule has 0 saturated heterocycles. The molecular weight excluding hydrogens is 118 g/mol. The summed E-state index contributed by atoms with van der Waals surface area (Å²) in [6.45, 7) is 6.22. The van der Waals surface area contributed by atoms with Crippen LogP contribution in [0.25, 0.3) is 0 Å². The third-order valence-electron chi connectivity index (χ3n) is 0.885. The zero-order valence-electron chi connectivity index (χ0n) is 6.09. The van der Waals surface area contributed by atoms with E-state index in [0.29, 0.717) is 12.5 Å². The number of hydrogen-bond donors (Lipinski definition) is 1. The quantitative estimate of drug-likeness (QED) is 0.267. The standard InChI is InChI=1S/C6H13NO2/c1-4-9-6(7-8)5(2)3/h5,8H,4H2,1-3H3. The molecule has 1 N–H and O–H groups in total. The normalized spacial score (nSPS) is 12.2. The van der Waals surface area contributed by atoms with E-state index in [4.69, 9.17) is 9.94 Å². The van der Waals surface area contributed by atoms with Crippen molar-refractivity contribution in [3.8, 4) is 0 Å². The Morgan fingerprint density at radius 1 is 1.67 bits per heavy atom. The van der Waals surface area contributed by atoms with E-state index in [-0.39, 0.29) is 5.92 Å². The highest BCUT2D eigenvalue weighted by Crippen LogP contribution is 1.97. The molecule has 0 aliphatic rings. The summed E-state index contributed by atoms with van der Waals surface area (Å²) in [5.74, 6) is 0.562. The molecule has 0 saturated carbocycles. The zero-order valence-corrected chi connectivity index (χ0v) is 6.09. The highest BCUT2D eigenvalue weighted by Gasteiger charge is 2.04. The second kappa shape index (κ2) is 4.18. The van der Waals surface area contributed by atoms with Gasteiger partial charge < -0.3 is 9.94 Å². The largest absolute Gasteiger partial charge is 0.479 e. The van der Waals surface area contributed by atoms with Gasteiger partial charge >= 0.3 is 0 Å². The van der Waals surface area contributed by atoms with Gasteiger partial charge in [-0.05, 0) is 6.92 Å². The number of hydrogen-bond acceptors (Lipinski definition) is 3.